The summed E-state index contributed by atoms with van der Waals surface area (Å²) in [5.41, 5.74) is 2.56. The molecule has 1 atom stereocenters. The summed E-state index contributed by atoms with van der Waals surface area (Å²) < 4.78 is 0. The smallest absolute Gasteiger partial charge is 0.407 e. The lowest BCUT2D eigenvalue weighted by Crippen LogP contribution is -2.35. The average molecular weight is 405 g/mol. The predicted octanol–water partition coefficient (Wildman–Crippen LogP) is 3.59. The van der Waals surface area contributed by atoms with E-state index in [1.807, 2.05) is 18.2 Å². The first-order valence-electron chi connectivity index (χ1n) is 9.55. The van der Waals surface area contributed by atoms with E-state index in [1.54, 1.807) is 60.8 Å². The molecular formula is C23H23N3O4. The summed E-state index contributed by atoms with van der Waals surface area (Å²) in [4.78, 5) is 28.9. The molecule has 0 aliphatic rings. The zero-order chi connectivity index (χ0) is 21.3. The van der Waals surface area contributed by atoms with Crippen LogP contribution in [0.4, 0.5) is 10.5 Å². The number of aliphatic hydroxyl groups is 1. The minimum atomic E-state index is -1.08. The molecule has 0 radical (unpaired) electrons. The number of aliphatic hydroxyl groups excluding tert-OH is 1. The molecule has 1 heterocycles. The molecule has 3 rings (SSSR count). The van der Waals surface area contributed by atoms with E-state index >= 15 is 0 Å². The highest BCUT2D eigenvalue weighted by atomic mass is 16.4. The molecule has 0 unspecified atom stereocenters. The van der Waals surface area contributed by atoms with Crippen molar-refractivity contribution in [3.63, 3.8) is 0 Å². The number of hydrogen-bond acceptors (Lipinski definition) is 4. The highest BCUT2D eigenvalue weighted by Gasteiger charge is 2.17. The fourth-order valence-electron chi connectivity index (χ4n) is 2.97. The number of rotatable bonds is 8. The van der Waals surface area contributed by atoms with Crippen LogP contribution in [0.2, 0.25) is 0 Å². The van der Waals surface area contributed by atoms with Crippen LogP contribution >= 0.6 is 0 Å². The second kappa shape index (κ2) is 10.2. The van der Waals surface area contributed by atoms with Crippen molar-refractivity contribution in [3.8, 4) is 0 Å². The molecule has 30 heavy (non-hydrogen) atoms. The third-order valence-electron chi connectivity index (χ3n) is 4.63. The van der Waals surface area contributed by atoms with Gasteiger partial charge in [-0.1, -0.05) is 48.5 Å². The standard InChI is InChI=1S/C23H23N3O4/c27-21(18-6-2-1-3-7-18)16-26(23(29)30)15-13-17-9-11-19(12-10-17)25-22(28)20-8-4-5-14-24-20/h1-12,14,21,27H,13,15-16H2,(H,25,28)(H,29,30)/t21-/m0/s1. The second-order valence-corrected chi connectivity index (χ2v) is 6.77. The first-order valence-corrected chi connectivity index (χ1v) is 9.55. The van der Waals surface area contributed by atoms with Gasteiger partial charge in [0.2, 0.25) is 0 Å². The lowest BCUT2D eigenvalue weighted by atomic mass is 10.1. The monoisotopic (exact) mass is 405 g/mol. The molecule has 1 aromatic heterocycles. The molecule has 0 spiro atoms. The summed E-state index contributed by atoms with van der Waals surface area (Å²) in [6, 6.07) is 21.3. The number of amides is 2. The van der Waals surface area contributed by atoms with Gasteiger partial charge in [0.25, 0.3) is 5.91 Å². The Kier molecular flexibility index (Phi) is 7.13. The first-order chi connectivity index (χ1) is 14.5. The third-order valence-corrected chi connectivity index (χ3v) is 4.63. The molecule has 0 saturated heterocycles. The van der Waals surface area contributed by atoms with Crippen LogP contribution in [0.15, 0.2) is 79.0 Å². The van der Waals surface area contributed by atoms with Crippen LogP contribution in [0.3, 0.4) is 0 Å². The second-order valence-electron chi connectivity index (χ2n) is 6.77. The fraction of sp³-hybridized carbons (Fsp3) is 0.174. The predicted molar refractivity (Wildman–Crippen MR) is 113 cm³/mol. The number of nitrogens with zero attached hydrogens (tertiary/aromatic N) is 2. The van der Waals surface area contributed by atoms with Gasteiger partial charge in [0.15, 0.2) is 0 Å². The average Bonchev–Trinajstić information content (AvgIpc) is 2.78. The maximum Gasteiger partial charge on any atom is 0.407 e. The summed E-state index contributed by atoms with van der Waals surface area (Å²) in [6.07, 6.45) is 0.0826. The van der Waals surface area contributed by atoms with Crippen LogP contribution in [0.5, 0.6) is 0 Å². The van der Waals surface area contributed by atoms with E-state index < -0.39 is 12.2 Å². The van der Waals surface area contributed by atoms with Crippen molar-refractivity contribution in [1.82, 2.24) is 9.88 Å². The van der Waals surface area contributed by atoms with Gasteiger partial charge < -0.3 is 20.4 Å². The van der Waals surface area contributed by atoms with Crippen LogP contribution in [-0.4, -0.2) is 45.2 Å². The van der Waals surface area contributed by atoms with E-state index in [4.69, 9.17) is 0 Å². The highest BCUT2D eigenvalue weighted by molar-refractivity contribution is 6.02. The van der Waals surface area contributed by atoms with E-state index in [0.717, 1.165) is 5.56 Å². The van der Waals surface area contributed by atoms with Crippen molar-refractivity contribution < 1.29 is 19.8 Å². The van der Waals surface area contributed by atoms with Gasteiger partial charge in [-0.3, -0.25) is 9.78 Å². The maximum atomic E-state index is 12.1. The van der Waals surface area contributed by atoms with Gasteiger partial charge in [0.05, 0.1) is 12.6 Å². The van der Waals surface area contributed by atoms with Gasteiger partial charge in [0, 0.05) is 18.4 Å². The number of carbonyl (C=O) groups excluding carboxylic acids is 1. The van der Waals surface area contributed by atoms with Crippen LogP contribution < -0.4 is 5.32 Å². The Morgan fingerprint density at radius 3 is 2.30 bits per heavy atom. The number of pyridine rings is 1. The summed E-state index contributed by atoms with van der Waals surface area (Å²) in [6.45, 7) is 0.246. The van der Waals surface area contributed by atoms with Crippen LogP contribution in [0.25, 0.3) is 0 Å². The van der Waals surface area contributed by atoms with E-state index in [-0.39, 0.29) is 19.0 Å². The van der Waals surface area contributed by atoms with Crippen LogP contribution in [0, 0.1) is 0 Å². The topological polar surface area (TPSA) is 103 Å². The van der Waals surface area contributed by atoms with Crippen molar-refractivity contribution in [1.29, 1.82) is 0 Å². The highest BCUT2D eigenvalue weighted by Crippen LogP contribution is 2.15. The SMILES string of the molecule is O=C(Nc1ccc(CCN(C[C@H](O)c2ccccc2)C(=O)O)cc1)c1ccccn1. The maximum absolute atomic E-state index is 12.1. The van der Waals surface area contributed by atoms with E-state index in [2.05, 4.69) is 10.3 Å². The number of aromatic nitrogens is 1. The minimum Gasteiger partial charge on any atom is -0.465 e. The normalized spacial score (nSPS) is 11.5. The molecule has 3 N–H and O–H groups in total. The van der Waals surface area contributed by atoms with Gasteiger partial charge in [-0.2, -0.15) is 0 Å². The van der Waals surface area contributed by atoms with Gasteiger partial charge in [-0.25, -0.2) is 4.79 Å². The molecule has 154 valence electrons. The minimum absolute atomic E-state index is 0.00242. The van der Waals surface area contributed by atoms with Gasteiger partial charge in [-0.15, -0.1) is 0 Å². The van der Waals surface area contributed by atoms with Crippen molar-refractivity contribution in [3.05, 3.63) is 95.8 Å². The number of nitrogens with one attached hydrogen (secondary N) is 1. The number of hydrogen-bond donors (Lipinski definition) is 3. The summed E-state index contributed by atoms with van der Waals surface area (Å²) >= 11 is 0. The number of carboxylic acid groups (broad SMARTS) is 1. The Bertz CT molecular complexity index is 963. The van der Waals surface area contributed by atoms with E-state index in [9.17, 15) is 19.8 Å². The van der Waals surface area contributed by atoms with Crippen molar-refractivity contribution in [2.75, 3.05) is 18.4 Å². The van der Waals surface area contributed by atoms with E-state index in [1.165, 1.54) is 4.90 Å². The first kappa shape index (κ1) is 21.0. The molecule has 0 bridgehead atoms. The quantitative estimate of drug-likeness (QED) is 0.531. The molecule has 2 amide bonds. The third kappa shape index (κ3) is 5.89. The summed E-state index contributed by atoms with van der Waals surface area (Å²) in [7, 11) is 0. The van der Waals surface area contributed by atoms with Crippen molar-refractivity contribution in [2.45, 2.75) is 12.5 Å². The molecule has 2 aromatic carbocycles. The van der Waals surface area contributed by atoms with Crippen molar-refractivity contribution >= 4 is 17.7 Å². The molecule has 0 aliphatic carbocycles. The Labute approximate surface area is 174 Å². The Hall–Kier alpha value is -3.71. The molecule has 3 aromatic rings. The lowest BCUT2D eigenvalue weighted by Gasteiger charge is -2.22. The molecular weight excluding hydrogens is 382 g/mol. The summed E-state index contributed by atoms with van der Waals surface area (Å²) in [5.74, 6) is -0.296. The zero-order valence-electron chi connectivity index (χ0n) is 16.3. The van der Waals surface area contributed by atoms with E-state index in [0.29, 0.717) is 23.4 Å². The number of benzene rings is 2. The molecule has 0 saturated carbocycles. The number of anilines is 1. The largest absolute Gasteiger partial charge is 0.465 e. The zero-order valence-corrected chi connectivity index (χ0v) is 16.3. The van der Waals surface area contributed by atoms with Gasteiger partial charge in [-0.05, 0) is 41.8 Å². The fourth-order valence-corrected chi connectivity index (χ4v) is 2.97. The Morgan fingerprint density at radius 2 is 1.67 bits per heavy atom. The number of carbonyl (C=O) groups is 2. The molecule has 7 heteroatoms. The molecule has 0 aliphatic heterocycles. The van der Waals surface area contributed by atoms with Crippen LogP contribution in [0.1, 0.15) is 27.7 Å². The lowest BCUT2D eigenvalue weighted by molar-refractivity contribution is 0.0972. The summed E-state index contributed by atoms with van der Waals surface area (Å²) in [5, 5.41) is 22.5. The van der Waals surface area contributed by atoms with Crippen LogP contribution in [-0.2, 0) is 6.42 Å². The Morgan fingerprint density at radius 1 is 0.967 bits per heavy atom. The molecule has 0 fully saturated rings. The van der Waals surface area contributed by atoms with Crippen molar-refractivity contribution in [2.24, 2.45) is 0 Å². The van der Waals surface area contributed by atoms with Gasteiger partial charge in [0.1, 0.15) is 5.69 Å². The Balaban J connectivity index is 1.55. The van der Waals surface area contributed by atoms with Gasteiger partial charge >= 0.3 is 6.09 Å². The molecule has 7 nitrogen and oxygen atoms in total.